The van der Waals surface area contributed by atoms with Crippen LogP contribution in [-0.4, -0.2) is 30.4 Å². The lowest BCUT2D eigenvalue weighted by Crippen LogP contribution is -2.37. The topological polar surface area (TPSA) is 78.4 Å². The van der Waals surface area contributed by atoms with Gasteiger partial charge in [-0.25, -0.2) is 0 Å². The summed E-state index contributed by atoms with van der Waals surface area (Å²) in [5.74, 6) is 1.06. The van der Waals surface area contributed by atoms with Gasteiger partial charge in [0.2, 0.25) is 5.91 Å². The summed E-state index contributed by atoms with van der Waals surface area (Å²) in [6.07, 6.45) is 8.24. The third kappa shape index (κ3) is 7.93. The molecule has 1 aliphatic rings. The van der Waals surface area contributed by atoms with Crippen LogP contribution in [0, 0.1) is 5.92 Å². The average Bonchev–Trinajstić information content (AvgIpc) is 2.77. The van der Waals surface area contributed by atoms with Crippen LogP contribution >= 0.6 is 24.0 Å². The third-order valence-electron chi connectivity index (χ3n) is 5.25. The van der Waals surface area contributed by atoms with Crippen molar-refractivity contribution in [3.63, 3.8) is 0 Å². The lowest BCUT2D eigenvalue weighted by atomic mass is 9.88. The second-order valence-electron chi connectivity index (χ2n) is 7.45. The first-order valence-corrected chi connectivity index (χ1v) is 10.5. The number of aromatic nitrogens is 1. The van der Waals surface area contributed by atoms with E-state index in [0.29, 0.717) is 6.54 Å². The van der Waals surface area contributed by atoms with Crippen LogP contribution in [0.5, 0.6) is 0 Å². The van der Waals surface area contributed by atoms with E-state index in [1.807, 2.05) is 48.7 Å². The fraction of sp³-hybridized carbons (Fsp3) is 0.435. The van der Waals surface area contributed by atoms with Crippen molar-refractivity contribution >= 4 is 41.5 Å². The van der Waals surface area contributed by atoms with Gasteiger partial charge in [-0.15, -0.1) is 24.0 Å². The van der Waals surface area contributed by atoms with Crippen molar-refractivity contribution in [2.75, 3.05) is 18.9 Å². The highest BCUT2D eigenvalue weighted by Crippen LogP contribution is 2.25. The van der Waals surface area contributed by atoms with Crippen molar-refractivity contribution < 1.29 is 4.79 Å². The number of pyridine rings is 1. The normalized spacial score (nSPS) is 14.5. The van der Waals surface area contributed by atoms with Gasteiger partial charge in [0, 0.05) is 50.1 Å². The number of nitrogens with one attached hydrogen (secondary N) is 3. The number of rotatable bonds is 7. The molecule has 1 aromatic heterocycles. The van der Waals surface area contributed by atoms with Crippen molar-refractivity contribution in [1.29, 1.82) is 0 Å². The molecule has 3 N–H and O–H groups in total. The lowest BCUT2D eigenvalue weighted by molar-refractivity contribution is -0.120. The van der Waals surface area contributed by atoms with E-state index in [1.165, 1.54) is 6.42 Å². The molecule has 3 rings (SSSR count). The second kappa shape index (κ2) is 13.2. The van der Waals surface area contributed by atoms with Crippen LogP contribution < -0.4 is 16.0 Å². The van der Waals surface area contributed by atoms with Gasteiger partial charge in [-0.05, 0) is 42.7 Å². The van der Waals surface area contributed by atoms with Gasteiger partial charge in [-0.2, -0.15) is 0 Å². The zero-order valence-corrected chi connectivity index (χ0v) is 19.9. The number of anilines is 1. The van der Waals surface area contributed by atoms with Gasteiger partial charge in [0.1, 0.15) is 0 Å². The van der Waals surface area contributed by atoms with Crippen LogP contribution in [0.1, 0.15) is 43.4 Å². The molecule has 0 atom stereocenters. The molecule has 1 heterocycles. The first kappa shape index (κ1) is 24.1. The molecule has 0 radical (unpaired) electrons. The van der Waals surface area contributed by atoms with Gasteiger partial charge in [0.25, 0.3) is 0 Å². The van der Waals surface area contributed by atoms with E-state index in [0.717, 1.165) is 61.6 Å². The smallest absolute Gasteiger partial charge is 0.227 e. The number of benzene rings is 1. The summed E-state index contributed by atoms with van der Waals surface area (Å²) in [5, 5.41) is 9.72. The van der Waals surface area contributed by atoms with Gasteiger partial charge in [-0.3, -0.25) is 14.8 Å². The second-order valence-corrected chi connectivity index (χ2v) is 7.45. The van der Waals surface area contributed by atoms with Crippen LogP contribution in [-0.2, 0) is 17.8 Å². The number of carbonyl (C=O) groups is 1. The molecule has 6 nitrogen and oxygen atoms in total. The fourth-order valence-corrected chi connectivity index (χ4v) is 3.63. The number of carbonyl (C=O) groups excluding carboxylic acids is 1. The Morgan fingerprint density at radius 3 is 2.67 bits per heavy atom. The summed E-state index contributed by atoms with van der Waals surface area (Å²) in [6.45, 7) is 1.39. The number of aliphatic imine (C=N–C) groups is 1. The average molecular weight is 521 g/mol. The van der Waals surface area contributed by atoms with Gasteiger partial charge in [-0.1, -0.05) is 37.5 Å². The Kier molecular flexibility index (Phi) is 10.6. The van der Waals surface area contributed by atoms with E-state index in [-0.39, 0.29) is 35.8 Å². The molecular formula is C23H32IN5O. The number of nitrogens with zero attached hydrogens (tertiary/aromatic N) is 2. The Balaban J connectivity index is 0.00000320. The largest absolute Gasteiger partial charge is 0.356 e. The van der Waals surface area contributed by atoms with E-state index in [4.69, 9.17) is 0 Å². The minimum absolute atomic E-state index is 0. The summed E-state index contributed by atoms with van der Waals surface area (Å²) >= 11 is 0. The number of amides is 1. The molecule has 7 heteroatoms. The van der Waals surface area contributed by atoms with E-state index >= 15 is 0 Å². The summed E-state index contributed by atoms with van der Waals surface area (Å²) in [5.41, 5.74) is 3.01. The highest BCUT2D eigenvalue weighted by atomic mass is 127. The number of hydrogen-bond acceptors (Lipinski definition) is 3. The SMILES string of the molecule is CN=C(NCCc1ccccn1)NCc1cccc(NC(=O)C2CCCCC2)c1.I. The first-order chi connectivity index (χ1) is 14.2. The van der Waals surface area contributed by atoms with Crippen molar-refractivity contribution in [2.45, 2.75) is 45.1 Å². The van der Waals surface area contributed by atoms with Crippen LogP contribution in [0.2, 0.25) is 0 Å². The van der Waals surface area contributed by atoms with Crippen LogP contribution in [0.4, 0.5) is 5.69 Å². The maximum Gasteiger partial charge on any atom is 0.227 e. The van der Waals surface area contributed by atoms with Gasteiger partial charge in [0.15, 0.2) is 5.96 Å². The predicted octanol–water partition coefficient (Wildman–Crippen LogP) is 4.13. The molecule has 0 saturated heterocycles. The highest BCUT2D eigenvalue weighted by Gasteiger charge is 2.20. The maximum atomic E-state index is 12.5. The van der Waals surface area contributed by atoms with Crippen molar-refractivity contribution in [3.8, 4) is 0 Å². The molecule has 1 fully saturated rings. The van der Waals surface area contributed by atoms with Crippen molar-refractivity contribution in [3.05, 3.63) is 59.9 Å². The minimum atomic E-state index is 0. The van der Waals surface area contributed by atoms with Crippen LogP contribution in [0.15, 0.2) is 53.7 Å². The number of halogens is 1. The Bertz CT molecular complexity index is 806. The molecular weight excluding hydrogens is 489 g/mol. The Morgan fingerprint density at radius 2 is 1.93 bits per heavy atom. The van der Waals surface area contributed by atoms with E-state index in [1.54, 1.807) is 7.05 Å². The molecule has 162 valence electrons. The predicted molar refractivity (Wildman–Crippen MR) is 133 cm³/mol. The molecule has 1 saturated carbocycles. The maximum absolute atomic E-state index is 12.5. The summed E-state index contributed by atoms with van der Waals surface area (Å²) < 4.78 is 0. The molecule has 0 bridgehead atoms. The third-order valence-corrected chi connectivity index (χ3v) is 5.25. The Labute approximate surface area is 196 Å². The van der Waals surface area contributed by atoms with E-state index in [2.05, 4.69) is 25.9 Å². The molecule has 1 aliphatic carbocycles. The zero-order chi connectivity index (χ0) is 20.3. The number of hydrogen-bond donors (Lipinski definition) is 3. The zero-order valence-electron chi connectivity index (χ0n) is 17.6. The number of guanidine groups is 1. The van der Waals surface area contributed by atoms with Gasteiger partial charge >= 0.3 is 0 Å². The molecule has 2 aromatic rings. The van der Waals surface area contributed by atoms with Crippen LogP contribution in [0.25, 0.3) is 0 Å². The molecule has 1 amide bonds. The van der Waals surface area contributed by atoms with Gasteiger partial charge in [0.05, 0.1) is 0 Å². The summed E-state index contributed by atoms with van der Waals surface area (Å²) in [7, 11) is 1.76. The Morgan fingerprint density at radius 1 is 1.10 bits per heavy atom. The van der Waals surface area contributed by atoms with Crippen molar-refractivity contribution in [1.82, 2.24) is 15.6 Å². The van der Waals surface area contributed by atoms with Crippen LogP contribution in [0.3, 0.4) is 0 Å². The van der Waals surface area contributed by atoms with E-state index < -0.39 is 0 Å². The summed E-state index contributed by atoms with van der Waals surface area (Å²) in [6, 6.07) is 13.9. The van der Waals surface area contributed by atoms with Gasteiger partial charge < -0.3 is 16.0 Å². The first-order valence-electron chi connectivity index (χ1n) is 10.5. The fourth-order valence-electron chi connectivity index (χ4n) is 3.63. The molecule has 0 spiro atoms. The lowest BCUT2D eigenvalue weighted by Gasteiger charge is -2.21. The summed E-state index contributed by atoms with van der Waals surface area (Å²) in [4.78, 5) is 21.1. The minimum Gasteiger partial charge on any atom is -0.356 e. The molecule has 0 unspecified atom stereocenters. The standard InChI is InChI=1S/C23H31N5O.HI/c1-24-23(26-15-13-20-11-5-6-14-25-20)27-17-18-8-7-12-21(16-18)28-22(29)19-9-3-2-4-10-19;/h5-8,11-12,14,16,19H,2-4,9-10,13,15,17H2,1H3,(H,28,29)(H2,24,26,27);1H. The molecule has 0 aliphatic heterocycles. The van der Waals surface area contributed by atoms with Crippen molar-refractivity contribution in [2.24, 2.45) is 10.9 Å². The quantitative estimate of drug-likeness (QED) is 0.291. The Hall–Kier alpha value is -2.16. The highest BCUT2D eigenvalue weighted by molar-refractivity contribution is 14.0. The molecule has 30 heavy (non-hydrogen) atoms. The molecule has 1 aromatic carbocycles. The monoisotopic (exact) mass is 521 g/mol. The van der Waals surface area contributed by atoms with E-state index in [9.17, 15) is 4.79 Å².